The van der Waals surface area contributed by atoms with E-state index in [1.54, 1.807) is 7.05 Å². The number of carbonyl (C=O) groups excluding carboxylic acids is 1. The number of nitrogens with zero attached hydrogens (tertiary/aromatic N) is 5. The molecule has 2 heterocycles. The van der Waals surface area contributed by atoms with Gasteiger partial charge in [0.15, 0.2) is 5.13 Å². The van der Waals surface area contributed by atoms with E-state index in [0.717, 1.165) is 5.69 Å². The van der Waals surface area contributed by atoms with Crippen molar-refractivity contribution in [2.45, 2.75) is 31.3 Å². The zero-order valence-corrected chi connectivity index (χ0v) is 13.4. The van der Waals surface area contributed by atoms with Gasteiger partial charge in [0.05, 0.1) is 11.4 Å². The van der Waals surface area contributed by atoms with E-state index < -0.39 is 0 Å². The summed E-state index contributed by atoms with van der Waals surface area (Å²) in [6, 6.07) is 0. The number of tetrazole rings is 1. The Morgan fingerprint density at radius 2 is 2.25 bits per heavy atom. The van der Waals surface area contributed by atoms with Gasteiger partial charge in [0.1, 0.15) is 0 Å². The van der Waals surface area contributed by atoms with Crippen molar-refractivity contribution >= 4 is 34.1 Å². The molecule has 108 valence electrons. The van der Waals surface area contributed by atoms with Gasteiger partial charge in [-0.3, -0.25) is 4.79 Å². The van der Waals surface area contributed by atoms with Crippen molar-refractivity contribution in [1.29, 1.82) is 0 Å². The number of thioether (sulfide) groups is 1. The number of anilines is 1. The van der Waals surface area contributed by atoms with Crippen LogP contribution < -0.4 is 5.32 Å². The third-order valence-electron chi connectivity index (χ3n) is 2.43. The number of hydrogen-bond donors (Lipinski definition) is 1. The lowest BCUT2D eigenvalue weighted by molar-refractivity contribution is -0.113. The van der Waals surface area contributed by atoms with Crippen molar-refractivity contribution < 1.29 is 4.79 Å². The van der Waals surface area contributed by atoms with Crippen molar-refractivity contribution in [3.63, 3.8) is 0 Å². The number of nitrogens with one attached hydrogen (secondary N) is 1. The largest absolute Gasteiger partial charge is 0.301 e. The van der Waals surface area contributed by atoms with E-state index in [2.05, 4.69) is 46.6 Å². The minimum atomic E-state index is -0.118. The van der Waals surface area contributed by atoms with E-state index >= 15 is 0 Å². The van der Waals surface area contributed by atoms with E-state index in [1.807, 2.05) is 5.38 Å². The lowest BCUT2D eigenvalue weighted by atomic mass is 9.93. The summed E-state index contributed by atoms with van der Waals surface area (Å²) in [5, 5.41) is 17.0. The molecular formula is C11H16N6OS2. The van der Waals surface area contributed by atoms with Gasteiger partial charge in [-0.05, 0) is 10.4 Å². The Bertz CT molecular complexity index is 600. The average Bonchev–Trinajstić information content (AvgIpc) is 2.95. The van der Waals surface area contributed by atoms with E-state index in [4.69, 9.17) is 0 Å². The van der Waals surface area contributed by atoms with Crippen LogP contribution >= 0.6 is 23.1 Å². The SMILES string of the molecule is Cn1nnnc1SCC(=O)Nc1nc(C(C)(C)C)cs1. The Morgan fingerprint density at radius 3 is 2.80 bits per heavy atom. The molecule has 0 aromatic carbocycles. The Balaban J connectivity index is 1.89. The molecule has 0 spiro atoms. The zero-order chi connectivity index (χ0) is 14.8. The van der Waals surface area contributed by atoms with Gasteiger partial charge in [0, 0.05) is 17.8 Å². The third kappa shape index (κ3) is 3.76. The summed E-state index contributed by atoms with van der Waals surface area (Å²) in [7, 11) is 1.73. The lowest BCUT2D eigenvalue weighted by Crippen LogP contribution is -2.16. The second-order valence-electron chi connectivity index (χ2n) is 5.21. The summed E-state index contributed by atoms with van der Waals surface area (Å²) in [4.78, 5) is 16.3. The Hall–Kier alpha value is -1.48. The highest BCUT2D eigenvalue weighted by molar-refractivity contribution is 7.99. The second-order valence-corrected chi connectivity index (χ2v) is 7.01. The Kier molecular flexibility index (Phi) is 4.39. The normalized spacial score (nSPS) is 11.6. The zero-order valence-electron chi connectivity index (χ0n) is 11.7. The first-order valence-electron chi connectivity index (χ1n) is 5.97. The standard InChI is InChI=1S/C11H16N6OS2/c1-11(2,3)7-5-19-9(12-7)13-8(18)6-20-10-14-15-16-17(10)4/h5H,6H2,1-4H3,(H,12,13,18). The number of thiazole rings is 1. The summed E-state index contributed by atoms with van der Waals surface area (Å²) in [6.07, 6.45) is 0. The highest BCUT2D eigenvalue weighted by Crippen LogP contribution is 2.26. The van der Waals surface area contributed by atoms with Gasteiger partial charge >= 0.3 is 0 Å². The molecule has 0 atom stereocenters. The van der Waals surface area contributed by atoms with Crippen molar-refractivity contribution in [3.8, 4) is 0 Å². The third-order valence-corrected chi connectivity index (χ3v) is 4.20. The maximum atomic E-state index is 11.8. The maximum absolute atomic E-state index is 11.8. The van der Waals surface area contributed by atoms with Crippen molar-refractivity contribution in [3.05, 3.63) is 11.1 Å². The van der Waals surface area contributed by atoms with E-state index in [0.29, 0.717) is 10.3 Å². The first-order chi connectivity index (χ1) is 9.36. The molecule has 0 saturated carbocycles. The van der Waals surface area contributed by atoms with E-state index in [9.17, 15) is 4.79 Å². The quantitative estimate of drug-likeness (QED) is 0.865. The number of rotatable bonds is 4. The van der Waals surface area contributed by atoms with Crippen LogP contribution in [0.25, 0.3) is 0 Å². The summed E-state index contributed by atoms with van der Waals surface area (Å²) >= 11 is 2.72. The van der Waals surface area contributed by atoms with E-state index in [-0.39, 0.29) is 17.1 Å². The summed E-state index contributed by atoms with van der Waals surface area (Å²) in [5.41, 5.74) is 0.960. The molecule has 20 heavy (non-hydrogen) atoms. The lowest BCUT2D eigenvalue weighted by Gasteiger charge is -2.14. The molecule has 0 fully saturated rings. The molecule has 1 N–H and O–H groups in total. The predicted octanol–water partition coefficient (Wildman–Crippen LogP) is 1.69. The van der Waals surface area contributed by atoms with Gasteiger partial charge in [-0.2, -0.15) is 0 Å². The molecule has 0 aliphatic rings. The second kappa shape index (κ2) is 5.88. The molecule has 0 saturated heterocycles. The molecule has 0 bridgehead atoms. The van der Waals surface area contributed by atoms with Crippen molar-refractivity contribution in [2.24, 2.45) is 7.05 Å². The van der Waals surface area contributed by atoms with Crippen LogP contribution in [0.4, 0.5) is 5.13 Å². The van der Waals surface area contributed by atoms with Crippen LogP contribution in [-0.2, 0) is 17.3 Å². The molecule has 2 aromatic heterocycles. The van der Waals surface area contributed by atoms with Crippen LogP contribution in [0, 0.1) is 0 Å². The molecule has 0 radical (unpaired) electrons. The molecule has 2 aromatic rings. The van der Waals surface area contributed by atoms with Crippen LogP contribution in [0.5, 0.6) is 0 Å². The van der Waals surface area contributed by atoms with Gasteiger partial charge in [-0.1, -0.05) is 32.5 Å². The molecule has 0 unspecified atom stereocenters. The summed E-state index contributed by atoms with van der Waals surface area (Å²) in [6.45, 7) is 6.26. The fourth-order valence-corrected chi connectivity index (χ4v) is 2.91. The van der Waals surface area contributed by atoms with E-state index in [1.165, 1.54) is 27.8 Å². The van der Waals surface area contributed by atoms with Crippen LogP contribution in [0.3, 0.4) is 0 Å². The fourth-order valence-electron chi connectivity index (χ4n) is 1.30. The van der Waals surface area contributed by atoms with Crippen LogP contribution in [0.2, 0.25) is 0 Å². The van der Waals surface area contributed by atoms with Crippen LogP contribution in [0.15, 0.2) is 10.5 Å². The Morgan fingerprint density at radius 1 is 1.50 bits per heavy atom. The van der Waals surface area contributed by atoms with Gasteiger partial charge in [0.2, 0.25) is 11.1 Å². The molecule has 7 nitrogen and oxygen atoms in total. The smallest absolute Gasteiger partial charge is 0.236 e. The minimum absolute atomic E-state index is 0.0154. The van der Waals surface area contributed by atoms with Gasteiger partial charge < -0.3 is 5.32 Å². The molecule has 9 heteroatoms. The van der Waals surface area contributed by atoms with Gasteiger partial charge in [-0.25, -0.2) is 9.67 Å². The molecule has 1 amide bonds. The van der Waals surface area contributed by atoms with Crippen molar-refractivity contribution in [2.75, 3.05) is 11.1 Å². The highest BCUT2D eigenvalue weighted by atomic mass is 32.2. The van der Waals surface area contributed by atoms with Gasteiger partial charge in [-0.15, -0.1) is 16.4 Å². The molecule has 0 aliphatic heterocycles. The highest BCUT2D eigenvalue weighted by Gasteiger charge is 2.18. The maximum Gasteiger partial charge on any atom is 0.236 e. The Labute approximate surface area is 125 Å². The van der Waals surface area contributed by atoms with Crippen LogP contribution in [-0.4, -0.2) is 36.9 Å². The number of hydrogen-bond acceptors (Lipinski definition) is 7. The number of aromatic nitrogens is 5. The number of amides is 1. The molecule has 0 aliphatic carbocycles. The van der Waals surface area contributed by atoms with Crippen molar-refractivity contribution in [1.82, 2.24) is 25.2 Å². The average molecular weight is 312 g/mol. The number of aryl methyl sites for hydroxylation is 1. The topological polar surface area (TPSA) is 85.6 Å². The first-order valence-corrected chi connectivity index (χ1v) is 7.84. The first kappa shape index (κ1) is 14.9. The minimum Gasteiger partial charge on any atom is -0.301 e. The van der Waals surface area contributed by atoms with Crippen LogP contribution in [0.1, 0.15) is 26.5 Å². The fraction of sp³-hybridized carbons (Fsp3) is 0.545. The summed E-state index contributed by atoms with van der Waals surface area (Å²) in [5.74, 6) is 0.131. The monoisotopic (exact) mass is 312 g/mol. The number of carbonyl (C=O) groups is 1. The summed E-state index contributed by atoms with van der Waals surface area (Å²) < 4.78 is 1.53. The molecular weight excluding hydrogens is 296 g/mol. The van der Waals surface area contributed by atoms with Gasteiger partial charge in [0.25, 0.3) is 0 Å². The molecule has 2 rings (SSSR count). The predicted molar refractivity (Wildman–Crippen MR) is 79.0 cm³/mol.